The lowest BCUT2D eigenvalue weighted by Gasteiger charge is -2.16. The minimum atomic E-state index is 0.253. The van der Waals surface area contributed by atoms with E-state index in [0.29, 0.717) is 21.5 Å². The van der Waals surface area contributed by atoms with E-state index in [4.69, 9.17) is 32.7 Å². The highest BCUT2D eigenvalue weighted by atomic mass is 79.9. The van der Waals surface area contributed by atoms with E-state index in [-0.39, 0.29) is 6.61 Å². The highest BCUT2D eigenvalue weighted by Gasteiger charge is 2.14. The van der Waals surface area contributed by atoms with E-state index in [1.54, 1.807) is 30.6 Å². The van der Waals surface area contributed by atoms with E-state index >= 15 is 0 Å². The number of rotatable bonds is 8. The number of ether oxygens (including phenoxy) is 2. The summed E-state index contributed by atoms with van der Waals surface area (Å²) in [5, 5.41) is 6.66. The van der Waals surface area contributed by atoms with Gasteiger partial charge in [0.25, 0.3) is 0 Å². The van der Waals surface area contributed by atoms with Crippen LogP contribution in [0.25, 0.3) is 0 Å². The Morgan fingerprint density at radius 2 is 1.85 bits per heavy atom. The summed E-state index contributed by atoms with van der Waals surface area (Å²) >= 11 is 17.8. The van der Waals surface area contributed by atoms with Crippen molar-refractivity contribution in [3.05, 3.63) is 78.4 Å². The van der Waals surface area contributed by atoms with Crippen LogP contribution in [0.5, 0.6) is 11.5 Å². The van der Waals surface area contributed by atoms with E-state index < -0.39 is 0 Å². The molecule has 0 aliphatic rings. The summed E-state index contributed by atoms with van der Waals surface area (Å²) in [5.41, 5.74) is 1.84. The van der Waals surface area contributed by atoms with Crippen LogP contribution >= 0.6 is 50.5 Å². The van der Waals surface area contributed by atoms with E-state index in [0.717, 1.165) is 28.7 Å². The van der Waals surface area contributed by atoms with Crippen LogP contribution < -0.4 is 14.8 Å². The fraction of sp³-hybridized carbons (Fsp3) is 0.200. The predicted octanol–water partition coefficient (Wildman–Crippen LogP) is 6.69. The molecule has 0 saturated heterocycles. The molecule has 0 spiro atoms. The van der Waals surface area contributed by atoms with Crippen molar-refractivity contribution < 1.29 is 9.47 Å². The van der Waals surface area contributed by atoms with E-state index in [2.05, 4.69) is 38.8 Å². The molecule has 7 heteroatoms. The molecule has 0 aliphatic carbocycles. The lowest BCUT2D eigenvalue weighted by Crippen LogP contribution is -2.12. The fourth-order valence-corrected chi connectivity index (χ4v) is 4.36. The van der Waals surface area contributed by atoms with Gasteiger partial charge in [-0.1, -0.05) is 35.3 Å². The predicted molar refractivity (Wildman–Crippen MR) is 116 cm³/mol. The van der Waals surface area contributed by atoms with Crippen molar-refractivity contribution in [2.75, 3.05) is 7.11 Å². The number of hydrogen-bond acceptors (Lipinski definition) is 4. The molecular formula is C20H18BrCl2NO2S. The third-order valence-electron chi connectivity index (χ3n) is 3.92. The lowest BCUT2D eigenvalue weighted by atomic mass is 10.2. The SMILES string of the molecule is COc1cc(CNCc2cccs2)cc(Br)c1OCc1c(Cl)cccc1Cl. The molecule has 1 N–H and O–H groups in total. The first-order valence-corrected chi connectivity index (χ1v) is 10.7. The Morgan fingerprint density at radius 1 is 1.07 bits per heavy atom. The van der Waals surface area contributed by atoms with Crippen LogP contribution in [0.1, 0.15) is 16.0 Å². The molecule has 3 nitrogen and oxygen atoms in total. The standard InChI is InChI=1S/C20H18BrCl2NO2S/c1-25-19-9-13(10-24-11-14-4-3-7-27-14)8-16(21)20(19)26-12-15-17(22)5-2-6-18(15)23/h2-9,24H,10-12H2,1H3. The minimum absolute atomic E-state index is 0.253. The van der Waals surface area contributed by atoms with Gasteiger partial charge in [0.1, 0.15) is 6.61 Å². The van der Waals surface area contributed by atoms with Gasteiger partial charge in [-0.15, -0.1) is 11.3 Å². The Morgan fingerprint density at radius 3 is 2.52 bits per heavy atom. The van der Waals surface area contributed by atoms with Crippen LogP contribution in [0.4, 0.5) is 0 Å². The second-order valence-electron chi connectivity index (χ2n) is 5.78. The molecule has 27 heavy (non-hydrogen) atoms. The first-order chi connectivity index (χ1) is 13.1. The van der Waals surface area contributed by atoms with Crippen LogP contribution in [0, 0.1) is 0 Å². The smallest absolute Gasteiger partial charge is 0.175 e. The Kier molecular flexibility index (Phi) is 7.44. The monoisotopic (exact) mass is 485 g/mol. The van der Waals surface area contributed by atoms with Gasteiger partial charge in [0.2, 0.25) is 0 Å². The largest absolute Gasteiger partial charge is 0.493 e. The molecule has 0 amide bonds. The minimum Gasteiger partial charge on any atom is -0.493 e. The summed E-state index contributed by atoms with van der Waals surface area (Å²) in [5.74, 6) is 1.27. The average molecular weight is 487 g/mol. The number of nitrogens with one attached hydrogen (secondary N) is 1. The maximum atomic E-state index is 6.22. The van der Waals surface area contributed by atoms with Crippen LogP contribution in [-0.2, 0) is 19.7 Å². The highest BCUT2D eigenvalue weighted by Crippen LogP contribution is 2.38. The van der Waals surface area contributed by atoms with Crippen LogP contribution in [0.15, 0.2) is 52.3 Å². The Bertz CT molecular complexity index is 883. The molecule has 0 saturated carbocycles. The first kappa shape index (κ1) is 20.5. The summed E-state index contributed by atoms with van der Waals surface area (Å²) in [7, 11) is 1.62. The number of thiophene rings is 1. The molecule has 1 aromatic heterocycles. The van der Waals surface area contributed by atoms with E-state index in [1.807, 2.05) is 18.2 Å². The zero-order chi connectivity index (χ0) is 19.2. The molecule has 0 bridgehead atoms. The van der Waals surface area contributed by atoms with Crippen molar-refractivity contribution in [2.45, 2.75) is 19.7 Å². The third kappa shape index (κ3) is 5.39. The summed E-state index contributed by atoms with van der Waals surface area (Å²) < 4.78 is 12.3. The average Bonchev–Trinajstić information content (AvgIpc) is 3.15. The normalized spacial score (nSPS) is 10.8. The molecule has 0 radical (unpaired) electrons. The molecule has 3 rings (SSSR count). The van der Waals surface area contributed by atoms with Gasteiger partial charge >= 0.3 is 0 Å². The molecule has 1 heterocycles. The fourth-order valence-electron chi connectivity index (χ4n) is 2.57. The summed E-state index contributed by atoms with van der Waals surface area (Å²) in [6.07, 6.45) is 0. The van der Waals surface area contributed by atoms with Crippen LogP contribution in [0.3, 0.4) is 0 Å². The topological polar surface area (TPSA) is 30.5 Å². The maximum absolute atomic E-state index is 6.22. The lowest BCUT2D eigenvalue weighted by molar-refractivity contribution is 0.282. The number of benzene rings is 2. The summed E-state index contributed by atoms with van der Waals surface area (Å²) in [6.45, 7) is 1.81. The molecule has 0 atom stereocenters. The van der Waals surface area contributed by atoms with Crippen molar-refractivity contribution in [2.24, 2.45) is 0 Å². The Balaban J connectivity index is 1.70. The van der Waals surface area contributed by atoms with Gasteiger partial charge in [0.15, 0.2) is 11.5 Å². The molecule has 0 aliphatic heterocycles. The molecule has 0 unspecified atom stereocenters. The Labute approximate surface area is 181 Å². The van der Waals surface area contributed by atoms with Gasteiger partial charge in [-0.3, -0.25) is 0 Å². The van der Waals surface area contributed by atoms with Gasteiger partial charge in [0.05, 0.1) is 11.6 Å². The van der Waals surface area contributed by atoms with E-state index in [9.17, 15) is 0 Å². The van der Waals surface area contributed by atoms with Crippen LogP contribution in [0.2, 0.25) is 10.0 Å². The zero-order valence-corrected chi connectivity index (χ0v) is 18.5. The number of hydrogen-bond donors (Lipinski definition) is 1. The van der Waals surface area contributed by atoms with Crippen molar-refractivity contribution in [3.8, 4) is 11.5 Å². The van der Waals surface area contributed by atoms with Crippen molar-refractivity contribution in [3.63, 3.8) is 0 Å². The first-order valence-electron chi connectivity index (χ1n) is 8.23. The second kappa shape index (κ2) is 9.80. The Hall–Kier alpha value is -1.24. The van der Waals surface area contributed by atoms with Crippen LogP contribution in [-0.4, -0.2) is 7.11 Å². The molecule has 142 valence electrons. The third-order valence-corrected chi connectivity index (χ3v) is 6.09. The van der Waals surface area contributed by atoms with Crippen molar-refractivity contribution in [1.82, 2.24) is 5.32 Å². The maximum Gasteiger partial charge on any atom is 0.175 e. The van der Waals surface area contributed by atoms with Gasteiger partial charge in [-0.05, 0) is 57.2 Å². The van der Waals surface area contributed by atoms with Crippen molar-refractivity contribution in [1.29, 1.82) is 0 Å². The molecular weight excluding hydrogens is 469 g/mol. The molecule has 2 aromatic carbocycles. The van der Waals surface area contributed by atoms with Gasteiger partial charge < -0.3 is 14.8 Å². The van der Waals surface area contributed by atoms with Gasteiger partial charge in [-0.25, -0.2) is 0 Å². The van der Waals surface area contributed by atoms with Crippen molar-refractivity contribution >= 4 is 50.5 Å². The number of methoxy groups -OCH3 is 1. The van der Waals surface area contributed by atoms with Gasteiger partial charge in [0, 0.05) is 33.6 Å². The van der Waals surface area contributed by atoms with E-state index in [1.165, 1.54) is 4.88 Å². The summed E-state index contributed by atoms with van der Waals surface area (Å²) in [6, 6.07) is 13.6. The second-order valence-corrected chi connectivity index (χ2v) is 8.48. The zero-order valence-electron chi connectivity index (χ0n) is 14.6. The highest BCUT2D eigenvalue weighted by molar-refractivity contribution is 9.10. The molecule has 0 fully saturated rings. The van der Waals surface area contributed by atoms with Gasteiger partial charge in [-0.2, -0.15) is 0 Å². The summed E-state index contributed by atoms with van der Waals surface area (Å²) in [4.78, 5) is 1.30. The molecule has 3 aromatic rings. The number of halogens is 3. The quantitative estimate of drug-likeness (QED) is 0.384.